The smallest absolute Gasteiger partial charge is 0.262 e. The lowest BCUT2D eigenvalue weighted by atomic mass is 9.90. The minimum atomic E-state index is -0.529. The second kappa shape index (κ2) is 6.46. The van der Waals surface area contributed by atoms with Crippen molar-refractivity contribution in [2.75, 3.05) is 19.6 Å². The zero-order valence-electron chi connectivity index (χ0n) is 12.2. The van der Waals surface area contributed by atoms with Crippen molar-refractivity contribution < 1.29 is 9.59 Å². The summed E-state index contributed by atoms with van der Waals surface area (Å²) in [5.41, 5.74) is 5.75. The second-order valence-electron chi connectivity index (χ2n) is 5.82. The van der Waals surface area contributed by atoms with Crippen LogP contribution in [0.1, 0.15) is 29.9 Å². The maximum Gasteiger partial charge on any atom is 0.262 e. The fourth-order valence-electron chi connectivity index (χ4n) is 2.42. The van der Waals surface area contributed by atoms with Crippen LogP contribution in [0, 0.1) is 5.41 Å². The van der Waals surface area contributed by atoms with Gasteiger partial charge in [-0.15, -0.1) is 11.3 Å². The number of nitrogens with zero attached hydrogens (tertiary/aromatic N) is 1. The molecule has 0 aliphatic carbocycles. The summed E-state index contributed by atoms with van der Waals surface area (Å²) in [4.78, 5) is 26.8. The summed E-state index contributed by atoms with van der Waals surface area (Å²) in [6, 6.07) is 3.03. The third-order valence-corrected chi connectivity index (χ3v) is 5.50. The zero-order chi connectivity index (χ0) is 15.6. The molecular weight excluding hydrogens is 354 g/mol. The number of nitrogens with one attached hydrogen (secondary N) is 1. The van der Waals surface area contributed by atoms with E-state index in [0.29, 0.717) is 24.5 Å². The van der Waals surface area contributed by atoms with E-state index in [0.717, 1.165) is 10.2 Å². The molecule has 1 aliphatic rings. The number of rotatable bonds is 4. The summed E-state index contributed by atoms with van der Waals surface area (Å²) in [7, 11) is 0. The van der Waals surface area contributed by atoms with Crippen molar-refractivity contribution in [3.63, 3.8) is 0 Å². The van der Waals surface area contributed by atoms with Gasteiger partial charge >= 0.3 is 0 Å². The van der Waals surface area contributed by atoms with Gasteiger partial charge in [0.1, 0.15) is 6.04 Å². The van der Waals surface area contributed by atoms with Crippen molar-refractivity contribution in [3.8, 4) is 0 Å². The topological polar surface area (TPSA) is 75.4 Å². The van der Waals surface area contributed by atoms with Gasteiger partial charge in [-0.3, -0.25) is 9.59 Å². The highest BCUT2D eigenvalue weighted by molar-refractivity contribution is 9.11. The van der Waals surface area contributed by atoms with E-state index in [2.05, 4.69) is 28.2 Å². The van der Waals surface area contributed by atoms with Crippen molar-refractivity contribution in [3.05, 3.63) is 20.8 Å². The number of nitrogens with two attached hydrogens (primary N) is 1. The number of likely N-dealkylation sites (tertiary alicyclic amines) is 1. The van der Waals surface area contributed by atoms with Gasteiger partial charge in [-0.25, -0.2) is 0 Å². The minimum Gasteiger partial charge on any atom is -0.340 e. The van der Waals surface area contributed by atoms with Crippen LogP contribution >= 0.6 is 27.3 Å². The van der Waals surface area contributed by atoms with E-state index in [1.54, 1.807) is 17.9 Å². The lowest BCUT2D eigenvalue weighted by molar-refractivity contribution is -0.132. The Hall–Kier alpha value is -0.920. The molecule has 2 amide bonds. The molecule has 21 heavy (non-hydrogen) atoms. The Morgan fingerprint density at radius 3 is 2.81 bits per heavy atom. The monoisotopic (exact) mass is 373 g/mol. The van der Waals surface area contributed by atoms with Crippen LogP contribution in [0.5, 0.6) is 0 Å². The molecule has 0 radical (unpaired) electrons. The summed E-state index contributed by atoms with van der Waals surface area (Å²) in [6.45, 7) is 5.75. The SMILES string of the molecule is CC(NC(=O)c1ccc(Br)s1)C(=O)N1CCC(C)(CN)C1. The molecule has 5 nitrogen and oxygen atoms in total. The first-order chi connectivity index (χ1) is 9.84. The van der Waals surface area contributed by atoms with Crippen molar-refractivity contribution in [2.24, 2.45) is 11.1 Å². The highest BCUT2D eigenvalue weighted by Crippen LogP contribution is 2.28. The number of amides is 2. The van der Waals surface area contributed by atoms with Gasteiger partial charge in [-0.1, -0.05) is 6.92 Å². The molecule has 116 valence electrons. The average molecular weight is 374 g/mol. The van der Waals surface area contributed by atoms with Crippen molar-refractivity contribution in [1.29, 1.82) is 0 Å². The lowest BCUT2D eigenvalue weighted by Gasteiger charge is -2.25. The predicted molar refractivity (Wildman–Crippen MR) is 87.3 cm³/mol. The molecule has 1 aliphatic heterocycles. The maximum atomic E-state index is 12.4. The third-order valence-electron chi connectivity index (χ3n) is 3.88. The Kier molecular flexibility index (Phi) is 5.06. The molecule has 2 unspecified atom stereocenters. The number of hydrogen-bond acceptors (Lipinski definition) is 4. The highest BCUT2D eigenvalue weighted by Gasteiger charge is 2.36. The number of halogens is 1. The fraction of sp³-hybridized carbons (Fsp3) is 0.571. The summed E-state index contributed by atoms with van der Waals surface area (Å²) in [5, 5.41) is 2.76. The zero-order valence-corrected chi connectivity index (χ0v) is 14.6. The first kappa shape index (κ1) is 16.5. The summed E-state index contributed by atoms with van der Waals surface area (Å²) >= 11 is 4.67. The molecule has 7 heteroatoms. The Labute approximate surface area is 137 Å². The van der Waals surface area contributed by atoms with Crippen molar-refractivity contribution >= 4 is 39.1 Å². The molecule has 0 bridgehead atoms. The van der Waals surface area contributed by atoms with Crippen molar-refractivity contribution in [1.82, 2.24) is 10.2 Å². The molecular formula is C14H20BrN3O2S. The molecule has 3 N–H and O–H groups in total. The van der Waals surface area contributed by atoms with E-state index < -0.39 is 6.04 Å². The van der Waals surface area contributed by atoms with Crippen LogP contribution in [-0.2, 0) is 4.79 Å². The lowest BCUT2D eigenvalue weighted by Crippen LogP contribution is -2.46. The molecule has 0 saturated carbocycles. The summed E-state index contributed by atoms with van der Waals surface area (Å²) < 4.78 is 0.893. The van der Waals surface area contributed by atoms with Crippen LogP contribution in [0.2, 0.25) is 0 Å². The van der Waals surface area contributed by atoms with Gasteiger partial charge in [0, 0.05) is 13.1 Å². The molecule has 1 aromatic rings. The molecule has 0 aromatic carbocycles. The average Bonchev–Trinajstić information content (AvgIpc) is 3.05. The van der Waals surface area contributed by atoms with E-state index in [1.165, 1.54) is 11.3 Å². The molecule has 2 heterocycles. The quantitative estimate of drug-likeness (QED) is 0.844. The van der Waals surface area contributed by atoms with Crippen LogP contribution in [0.25, 0.3) is 0 Å². The van der Waals surface area contributed by atoms with Crippen LogP contribution in [0.4, 0.5) is 0 Å². The summed E-state index contributed by atoms with van der Waals surface area (Å²) in [6.07, 6.45) is 0.910. The van der Waals surface area contributed by atoms with E-state index in [1.807, 2.05) is 6.07 Å². The van der Waals surface area contributed by atoms with E-state index >= 15 is 0 Å². The van der Waals surface area contributed by atoms with Gasteiger partial charge in [0.25, 0.3) is 5.91 Å². The van der Waals surface area contributed by atoms with E-state index in [-0.39, 0.29) is 17.2 Å². The maximum absolute atomic E-state index is 12.4. The molecule has 2 rings (SSSR count). The fourth-order valence-corrected chi connectivity index (χ4v) is 3.71. The largest absolute Gasteiger partial charge is 0.340 e. The standard InChI is InChI=1S/C14H20BrN3O2S/c1-9(17-12(19)10-3-4-11(15)21-10)13(20)18-6-5-14(2,7-16)8-18/h3-4,9H,5-8,16H2,1-2H3,(H,17,19). The Morgan fingerprint density at radius 2 is 2.29 bits per heavy atom. The molecule has 0 spiro atoms. The van der Waals surface area contributed by atoms with Gasteiger partial charge in [-0.05, 0) is 53.4 Å². The van der Waals surface area contributed by atoms with Crippen LogP contribution in [0.15, 0.2) is 15.9 Å². The first-order valence-corrected chi connectivity index (χ1v) is 8.51. The number of hydrogen-bond donors (Lipinski definition) is 2. The predicted octanol–water partition coefficient (Wildman–Crippen LogP) is 1.83. The van der Waals surface area contributed by atoms with Gasteiger partial charge in [-0.2, -0.15) is 0 Å². The first-order valence-electron chi connectivity index (χ1n) is 6.90. The van der Waals surface area contributed by atoms with Gasteiger partial charge in [0.2, 0.25) is 5.91 Å². The molecule has 1 aromatic heterocycles. The Morgan fingerprint density at radius 1 is 1.57 bits per heavy atom. The molecule has 1 fully saturated rings. The summed E-state index contributed by atoms with van der Waals surface area (Å²) in [5.74, 6) is -0.261. The Balaban J connectivity index is 1.93. The van der Waals surface area contributed by atoms with Crippen LogP contribution < -0.4 is 11.1 Å². The molecule has 2 atom stereocenters. The van der Waals surface area contributed by atoms with Crippen LogP contribution in [-0.4, -0.2) is 42.4 Å². The van der Waals surface area contributed by atoms with E-state index in [9.17, 15) is 9.59 Å². The van der Waals surface area contributed by atoms with E-state index in [4.69, 9.17) is 5.73 Å². The Bertz CT molecular complexity index is 548. The number of carbonyl (C=O) groups excluding carboxylic acids is 2. The van der Waals surface area contributed by atoms with Crippen LogP contribution in [0.3, 0.4) is 0 Å². The number of carbonyl (C=O) groups is 2. The normalized spacial score (nSPS) is 23.1. The third kappa shape index (κ3) is 3.84. The highest BCUT2D eigenvalue weighted by atomic mass is 79.9. The van der Waals surface area contributed by atoms with Gasteiger partial charge in [0.05, 0.1) is 8.66 Å². The van der Waals surface area contributed by atoms with Crippen molar-refractivity contribution in [2.45, 2.75) is 26.3 Å². The second-order valence-corrected chi connectivity index (χ2v) is 8.29. The number of thiophene rings is 1. The van der Waals surface area contributed by atoms with Gasteiger partial charge < -0.3 is 16.0 Å². The molecule has 1 saturated heterocycles. The van der Waals surface area contributed by atoms with Gasteiger partial charge in [0.15, 0.2) is 0 Å². The minimum absolute atomic E-state index is 0.00198.